The Labute approximate surface area is 126 Å². The summed E-state index contributed by atoms with van der Waals surface area (Å²) < 4.78 is 11.4. The molecule has 3 aromatic rings. The van der Waals surface area contributed by atoms with Crippen molar-refractivity contribution in [2.45, 2.75) is 5.22 Å². The Kier molecular flexibility index (Phi) is 3.70. The molecule has 0 aliphatic heterocycles. The Morgan fingerprint density at radius 3 is 2.85 bits per heavy atom. The lowest BCUT2D eigenvalue weighted by molar-refractivity contribution is 0.106. The quantitative estimate of drug-likeness (QED) is 0.664. The number of benzene rings is 1. The summed E-state index contributed by atoms with van der Waals surface area (Å²) in [7, 11) is 0. The largest absolute Gasteiger partial charge is 0.460 e. The normalized spacial score (nSPS) is 10.7. The van der Waals surface area contributed by atoms with E-state index in [0.717, 1.165) is 21.8 Å². The number of rotatable bonds is 3. The first-order valence-electron chi connectivity index (χ1n) is 5.57. The maximum absolute atomic E-state index is 11.8. The summed E-state index contributed by atoms with van der Waals surface area (Å²) in [6, 6.07) is 10.7. The summed E-state index contributed by atoms with van der Waals surface area (Å²) in [6.45, 7) is 0. The molecule has 1 aromatic carbocycles. The van der Waals surface area contributed by atoms with Crippen LogP contribution in [0.4, 0.5) is 0 Å². The maximum Gasteiger partial charge on any atom is 0.284 e. The predicted molar refractivity (Wildman–Crippen MR) is 76.3 cm³/mol. The average molecular weight is 351 g/mol. The average Bonchev–Trinajstić information content (AvgIpc) is 3.10. The van der Waals surface area contributed by atoms with E-state index < -0.39 is 0 Å². The number of carbonyl (C=O) groups excluding carboxylic acids is 1. The molecular weight excluding hydrogens is 344 g/mol. The lowest BCUT2D eigenvalue weighted by Gasteiger charge is -1.95. The Bertz CT molecular complexity index is 740. The number of hydrogen-bond donors (Lipinski definition) is 0. The third-order valence-corrected chi connectivity index (χ3v) is 3.60. The van der Waals surface area contributed by atoms with Crippen LogP contribution >= 0.6 is 27.7 Å². The van der Waals surface area contributed by atoms with Crippen molar-refractivity contribution in [2.75, 3.05) is 0 Å². The van der Waals surface area contributed by atoms with Gasteiger partial charge in [-0.3, -0.25) is 4.79 Å². The molecular formula is C13H7BrN2O3S. The minimum absolute atomic E-state index is 0.182. The van der Waals surface area contributed by atoms with Gasteiger partial charge in [-0.1, -0.05) is 22.0 Å². The number of thioether (sulfide) groups is 1. The minimum atomic E-state index is -0.278. The number of nitrogens with zero attached hydrogens (tertiary/aromatic N) is 2. The first-order chi connectivity index (χ1) is 9.72. The van der Waals surface area contributed by atoms with Gasteiger partial charge in [0, 0.05) is 21.8 Å². The monoisotopic (exact) mass is 350 g/mol. The lowest BCUT2D eigenvalue weighted by atomic mass is 10.2. The third-order valence-electron chi connectivity index (χ3n) is 2.38. The number of carbonyl (C=O) groups is 1. The van der Waals surface area contributed by atoms with Gasteiger partial charge in [0.1, 0.15) is 0 Å². The summed E-state index contributed by atoms with van der Waals surface area (Å²) in [5.74, 6) is 0.609. The van der Waals surface area contributed by atoms with Gasteiger partial charge in [-0.2, -0.15) is 0 Å². The molecule has 7 heteroatoms. The molecule has 0 atom stereocenters. The van der Waals surface area contributed by atoms with Crippen LogP contribution in [0.15, 0.2) is 61.2 Å². The highest BCUT2D eigenvalue weighted by molar-refractivity contribution is 9.10. The first-order valence-corrected chi connectivity index (χ1v) is 7.18. The zero-order valence-corrected chi connectivity index (χ0v) is 12.3. The molecule has 3 rings (SSSR count). The smallest absolute Gasteiger partial charge is 0.284 e. The van der Waals surface area contributed by atoms with E-state index >= 15 is 0 Å². The molecule has 0 radical (unpaired) electrons. The Hall–Kier alpha value is -1.86. The fourth-order valence-corrected chi connectivity index (χ4v) is 2.49. The molecule has 20 heavy (non-hydrogen) atoms. The maximum atomic E-state index is 11.8. The summed E-state index contributed by atoms with van der Waals surface area (Å²) in [4.78, 5) is 11.8. The van der Waals surface area contributed by atoms with E-state index in [1.165, 1.54) is 6.26 Å². The highest BCUT2D eigenvalue weighted by Crippen LogP contribution is 2.27. The summed E-state index contributed by atoms with van der Waals surface area (Å²) in [6.07, 6.45) is 1.44. The Morgan fingerprint density at radius 1 is 1.20 bits per heavy atom. The molecule has 0 saturated carbocycles. The van der Waals surface area contributed by atoms with Crippen molar-refractivity contribution >= 4 is 32.8 Å². The van der Waals surface area contributed by atoms with Crippen LogP contribution in [0.25, 0.3) is 11.5 Å². The topological polar surface area (TPSA) is 69.1 Å². The van der Waals surface area contributed by atoms with E-state index in [2.05, 4.69) is 26.1 Å². The Balaban J connectivity index is 1.79. The number of halogens is 1. The number of aromatic nitrogens is 2. The van der Waals surface area contributed by atoms with E-state index in [-0.39, 0.29) is 16.1 Å². The van der Waals surface area contributed by atoms with Gasteiger partial charge in [0.2, 0.25) is 5.89 Å². The zero-order valence-electron chi connectivity index (χ0n) is 9.95. The van der Waals surface area contributed by atoms with Crippen LogP contribution in [0, 0.1) is 0 Å². The molecule has 0 spiro atoms. The number of furan rings is 1. The summed E-state index contributed by atoms with van der Waals surface area (Å²) in [5.41, 5.74) is 0.782. The molecule has 5 nitrogen and oxygen atoms in total. The van der Waals surface area contributed by atoms with Crippen molar-refractivity contribution in [1.29, 1.82) is 0 Å². The van der Waals surface area contributed by atoms with Gasteiger partial charge in [-0.15, -0.1) is 10.2 Å². The predicted octanol–water partition coefficient (Wildman–Crippen LogP) is 4.02. The zero-order chi connectivity index (χ0) is 13.9. The second-order valence-corrected chi connectivity index (χ2v) is 5.59. The summed E-state index contributed by atoms with van der Waals surface area (Å²) in [5, 5.41) is 7.66. The van der Waals surface area contributed by atoms with Gasteiger partial charge in [0.15, 0.2) is 5.76 Å². The van der Waals surface area contributed by atoms with Crippen LogP contribution < -0.4 is 0 Å². The molecule has 2 heterocycles. The van der Waals surface area contributed by atoms with Crippen molar-refractivity contribution in [3.05, 3.63) is 52.9 Å². The van der Waals surface area contributed by atoms with Gasteiger partial charge in [0.25, 0.3) is 10.3 Å². The second-order valence-electron chi connectivity index (χ2n) is 3.75. The molecule has 0 amide bonds. The highest BCUT2D eigenvalue weighted by Gasteiger charge is 2.16. The van der Waals surface area contributed by atoms with Gasteiger partial charge >= 0.3 is 0 Å². The van der Waals surface area contributed by atoms with Crippen LogP contribution in [0.2, 0.25) is 0 Å². The minimum Gasteiger partial charge on any atom is -0.460 e. The molecule has 0 fully saturated rings. The van der Waals surface area contributed by atoms with Gasteiger partial charge in [0.05, 0.1) is 6.26 Å². The SMILES string of the molecule is O=C(Sc1nnc(-c2cccc(Br)c2)o1)c1ccco1. The first kappa shape index (κ1) is 13.1. The van der Waals surface area contributed by atoms with Crippen LogP contribution in [0.1, 0.15) is 10.6 Å². The fraction of sp³-hybridized carbons (Fsp3) is 0. The van der Waals surface area contributed by atoms with E-state index in [9.17, 15) is 4.79 Å². The van der Waals surface area contributed by atoms with E-state index in [1.54, 1.807) is 12.1 Å². The van der Waals surface area contributed by atoms with Gasteiger partial charge in [-0.05, 0) is 30.3 Å². The molecule has 0 aliphatic rings. The molecule has 100 valence electrons. The standard InChI is InChI=1S/C13H7BrN2O3S/c14-9-4-1-3-8(7-9)11-15-16-13(19-11)20-12(17)10-5-2-6-18-10/h1-7H. The van der Waals surface area contributed by atoms with Gasteiger partial charge in [-0.25, -0.2) is 0 Å². The van der Waals surface area contributed by atoms with Crippen molar-refractivity contribution in [3.63, 3.8) is 0 Å². The fourth-order valence-electron chi connectivity index (χ4n) is 1.51. The van der Waals surface area contributed by atoms with E-state index in [4.69, 9.17) is 8.83 Å². The van der Waals surface area contributed by atoms with E-state index in [1.807, 2.05) is 24.3 Å². The van der Waals surface area contributed by atoms with Crippen LogP contribution in [-0.4, -0.2) is 15.3 Å². The lowest BCUT2D eigenvalue weighted by Crippen LogP contribution is -1.89. The molecule has 0 aliphatic carbocycles. The molecule has 0 unspecified atom stereocenters. The molecule has 0 saturated heterocycles. The van der Waals surface area contributed by atoms with E-state index in [0.29, 0.717) is 5.89 Å². The highest BCUT2D eigenvalue weighted by atomic mass is 79.9. The van der Waals surface area contributed by atoms with Crippen molar-refractivity contribution in [3.8, 4) is 11.5 Å². The van der Waals surface area contributed by atoms with Crippen LogP contribution in [-0.2, 0) is 0 Å². The number of hydrogen-bond acceptors (Lipinski definition) is 6. The van der Waals surface area contributed by atoms with Gasteiger partial charge < -0.3 is 8.83 Å². The Morgan fingerprint density at radius 2 is 2.10 bits per heavy atom. The van der Waals surface area contributed by atoms with Crippen LogP contribution in [0.3, 0.4) is 0 Å². The second kappa shape index (κ2) is 5.64. The molecule has 0 bridgehead atoms. The van der Waals surface area contributed by atoms with Crippen molar-refractivity contribution in [2.24, 2.45) is 0 Å². The molecule has 0 N–H and O–H groups in total. The summed E-state index contributed by atoms with van der Waals surface area (Å²) >= 11 is 4.21. The van der Waals surface area contributed by atoms with Crippen molar-refractivity contribution in [1.82, 2.24) is 10.2 Å². The third kappa shape index (κ3) is 2.83. The van der Waals surface area contributed by atoms with Crippen LogP contribution in [0.5, 0.6) is 0 Å². The van der Waals surface area contributed by atoms with Crippen molar-refractivity contribution < 1.29 is 13.6 Å². The molecule has 2 aromatic heterocycles.